The minimum Gasteiger partial charge on any atom is -0.357 e. The third kappa shape index (κ3) is 7.09. The van der Waals surface area contributed by atoms with Crippen LogP contribution in [0.5, 0.6) is 0 Å². The van der Waals surface area contributed by atoms with E-state index in [1.165, 1.54) is 11.9 Å². The smallest absolute Gasteiger partial charge is 0.244 e. The van der Waals surface area contributed by atoms with Gasteiger partial charge in [0.15, 0.2) is 0 Å². The predicted octanol–water partition coefficient (Wildman–Crippen LogP) is 4.05. The highest BCUT2D eigenvalue weighted by atomic mass is 35.5. The number of anilines is 1. The lowest BCUT2D eigenvalue weighted by Crippen LogP contribution is -2.50. The largest absolute Gasteiger partial charge is 0.357 e. The van der Waals surface area contributed by atoms with Gasteiger partial charge in [0.05, 0.1) is 11.9 Å². The lowest BCUT2D eigenvalue weighted by atomic mass is 10.0. The maximum Gasteiger partial charge on any atom is 0.244 e. The zero-order valence-electron chi connectivity index (χ0n) is 19.3. The predicted molar refractivity (Wildman–Crippen MR) is 133 cm³/mol. The summed E-state index contributed by atoms with van der Waals surface area (Å²) in [6, 6.07) is 11.0. The van der Waals surface area contributed by atoms with Crippen molar-refractivity contribution in [3.63, 3.8) is 0 Å². The van der Waals surface area contributed by atoms with Crippen LogP contribution in [0.15, 0.2) is 42.5 Å². The highest BCUT2D eigenvalue weighted by molar-refractivity contribution is 7.92. The molecule has 10 heteroatoms. The molecule has 2 rings (SSSR count). The number of hydrogen-bond donors (Lipinski definition) is 1. The van der Waals surface area contributed by atoms with Crippen molar-refractivity contribution in [2.75, 3.05) is 24.2 Å². The minimum atomic E-state index is -3.78. The molecule has 0 aliphatic heterocycles. The number of amides is 2. The maximum absolute atomic E-state index is 13.4. The molecule has 0 bridgehead atoms. The number of nitrogens with one attached hydrogen (secondary N) is 1. The van der Waals surface area contributed by atoms with E-state index in [0.717, 1.165) is 16.1 Å². The molecule has 2 aromatic carbocycles. The van der Waals surface area contributed by atoms with Gasteiger partial charge >= 0.3 is 0 Å². The third-order valence-corrected chi connectivity index (χ3v) is 7.02. The first-order valence-electron chi connectivity index (χ1n) is 10.4. The highest BCUT2D eigenvalue weighted by Gasteiger charge is 2.30. The Morgan fingerprint density at radius 2 is 1.64 bits per heavy atom. The molecule has 2 amide bonds. The van der Waals surface area contributed by atoms with Crippen molar-refractivity contribution in [2.24, 2.45) is 0 Å². The summed E-state index contributed by atoms with van der Waals surface area (Å²) in [7, 11) is -2.31. The Balaban J connectivity index is 2.40. The topological polar surface area (TPSA) is 86.8 Å². The average molecular weight is 514 g/mol. The van der Waals surface area contributed by atoms with Gasteiger partial charge in [-0.2, -0.15) is 0 Å². The van der Waals surface area contributed by atoms with Crippen molar-refractivity contribution < 1.29 is 18.0 Å². The second kappa shape index (κ2) is 11.2. The molecular formula is C23H29Cl2N3O4S. The minimum absolute atomic E-state index is 0.00725. The number of hydrogen-bond acceptors (Lipinski definition) is 4. The van der Waals surface area contributed by atoms with E-state index in [-0.39, 0.29) is 18.4 Å². The van der Waals surface area contributed by atoms with Gasteiger partial charge in [-0.3, -0.25) is 13.9 Å². The van der Waals surface area contributed by atoms with Gasteiger partial charge in [-0.15, -0.1) is 0 Å². The molecule has 2 aromatic rings. The quantitative estimate of drug-likeness (QED) is 0.547. The molecule has 0 saturated carbocycles. The van der Waals surface area contributed by atoms with E-state index in [9.17, 15) is 18.0 Å². The molecule has 180 valence electrons. The standard InChI is InChI=1S/C23H29Cl2N3O4S/c1-15(2)17-7-10-20(11-8-17)28(33(5,31)32)14-22(29)27(16(3)23(30)26-4)13-18-6-9-19(24)12-21(18)25/h6-12,15-16H,13-14H2,1-5H3,(H,26,30). The SMILES string of the molecule is CNC(=O)C(C)N(Cc1ccc(Cl)cc1Cl)C(=O)CN(c1ccc(C(C)C)cc1)S(C)(=O)=O. The fourth-order valence-electron chi connectivity index (χ4n) is 3.26. The summed E-state index contributed by atoms with van der Waals surface area (Å²) in [6.45, 7) is 5.18. The molecule has 1 N–H and O–H groups in total. The number of likely N-dealkylation sites (N-methyl/N-ethyl adjacent to an activating group) is 1. The Kier molecular flexibility index (Phi) is 9.17. The van der Waals surface area contributed by atoms with Crippen LogP contribution in [0.2, 0.25) is 10.0 Å². The number of rotatable bonds is 9. The lowest BCUT2D eigenvalue weighted by Gasteiger charge is -2.31. The molecule has 1 atom stereocenters. The van der Waals surface area contributed by atoms with Crippen LogP contribution in [0.1, 0.15) is 37.8 Å². The molecular weight excluding hydrogens is 485 g/mol. The maximum atomic E-state index is 13.4. The van der Waals surface area contributed by atoms with Crippen molar-refractivity contribution in [3.8, 4) is 0 Å². The molecule has 0 heterocycles. The van der Waals surface area contributed by atoms with E-state index in [1.807, 2.05) is 26.0 Å². The van der Waals surface area contributed by atoms with Crippen LogP contribution in [0.25, 0.3) is 0 Å². The van der Waals surface area contributed by atoms with Crippen LogP contribution in [0.3, 0.4) is 0 Å². The van der Waals surface area contributed by atoms with Crippen LogP contribution in [-0.2, 0) is 26.2 Å². The zero-order valence-corrected chi connectivity index (χ0v) is 21.6. The Morgan fingerprint density at radius 1 is 1.03 bits per heavy atom. The summed E-state index contributed by atoms with van der Waals surface area (Å²) in [5, 5.41) is 3.30. The van der Waals surface area contributed by atoms with E-state index in [1.54, 1.807) is 37.3 Å². The Labute approximate surface area is 205 Å². The Hall–Kier alpha value is -2.29. The molecule has 1 unspecified atom stereocenters. The lowest BCUT2D eigenvalue weighted by molar-refractivity contribution is -0.139. The van der Waals surface area contributed by atoms with Crippen molar-refractivity contribution in [1.29, 1.82) is 0 Å². The van der Waals surface area contributed by atoms with Crippen molar-refractivity contribution in [3.05, 3.63) is 63.6 Å². The summed E-state index contributed by atoms with van der Waals surface area (Å²) in [5.74, 6) is -0.656. The van der Waals surface area contributed by atoms with Gasteiger partial charge in [0.25, 0.3) is 0 Å². The fraction of sp³-hybridized carbons (Fsp3) is 0.391. The molecule has 0 saturated heterocycles. The molecule has 0 aliphatic carbocycles. The van der Waals surface area contributed by atoms with Crippen molar-refractivity contribution >= 4 is 50.7 Å². The monoisotopic (exact) mass is 513 g/mol. The summed E-state index contributed by atoms with van der Waals surface area (Å²) in [5.41, 5.74) is 2.00. The number of carbonyl (C=O) groups excluding carboxylic acids is 2. The van der Waals surface area contributed by atoms with Crippen LogP contribution in [0.4, 0.5) is 5.69 Å². The van der Waals surface area contributed by atoms with Gasteiger partial charge < -0.3 is 10.2 Å². The number of benzene rings is 2. The van der Waals surface area contributed by atoms with Gasteiger partial charge in [0, 0.05) is 23.6 Å². The summed E-state index contributed by atoms with van der Waals surface area (Å²) < 4.78 is 26.2. The molecule has 33 heavy (non-hydrogen) atoms. The summed E-state index contributed by atoms with van der Waals surface area (Å²) in [4.78, 5) is 27.0. The molecule has 0 aromatic heterocycles. The van der Waals surface area contributed by atoms with Crippen LogP contribution in [0, 0.1) is 0 Å². The number of nitrogens with zero attached hydrogens (tertiary/aromatic N) is 2. The van der Waals surface area contributed by atoms with Crippen LogP contribution < -0.4 is 9.62 Å². The summed E-state index contributed by atoms with van der Waals surface area (Å²) in [6.07, 6.45) is 1.04. The van der Waals surface area contributed by atoms with Gasteiger partial charge in [-0.25, -0.2) is 8.42 Å². The second-order valence-corrected chi connectivity index (χ2v) is 10.8. The van der Waals surface area contributed by atoms with Crippen LogP contribution in [-0.4, -0.2) is 51.0 Å². The Morgan fingerprint density at radius 3 is 2.12 bits per heavy atom. The van der Waals surface area contributed by atoms with Gasteiger partial charge in [0.2, 0.25) is 21.8 Å². The molecule has 0 fully saturated rings. The van der Waals surface area contributed by atoms with E-state index >= 15 is 0 Å². The number of carbonyl (C=O) groups is 2. The highest BCUT2D eigenvalue weighted by Crippen LogP contribution is 2.25. The Bertz CT molecular complexity index is 1110. The van der Waals surface area contributed by atoms with Gasteiger partial charge in [-0.05, 0) is 48.2 Å². The van der Waals surface area contributed by atoms with Crippen molar-refractivity contribution in [1.82, 2.24) is 10.2 Å². The molecule has 0 spiro atoms. The van der Waals surface area contributed by atoms with Crippen molar-refractivity contribution in [2.45, 2.75) is 39.3 Å². The summed E-state index contributed by atoms with van der Waals surface area (Å²) >= 11 is 12.2. The first kappa shape index (κ1) is 27.0. The fourth-order valence-corrected chi connectivity index (χ4v) is 4.58. The van der Waals surface area contributed by atoms with Crippen LogP contribution >= 0.6 is 23.2 Å². The average Bonchev–Trinajstić information content (AvgIpc) is 2.75. The number of sulfonamides is 1. The normalized spacial score (nSPS) is 12.4. The van der Waals surface area contributed by atoms with E-state index in [2.05, 4.69) is 5.32 Å². The third-order valence-electron chi connectivity index (χ3n) is 5.30. The second-order valence-electron chi connectivity index (χ2n) is 8.06. The van der Waals surface area contributed by atoms with E-state index < -0.39 is 28.5 Å². The van der Waals surface area contributed by atoms with E-state index in [4.69, 9.17) is 23.2 Å². The van der Waals surface area contributed by atoms with Gasteiger partial charge in [-0.1, -0.05) is 55.2 Å². The van der Waals surface area contributed by atoms with Gasteiger partial charge in [0.1, 0.15) is 12.6 Å². The first-order chi connectivity index (χ1) is 15.3. The zero-order chi connectivity index (χ0) is 24.9. The first-order valence-corrected chi connectivity index (χ1v) is 13.0. The molecule has 0 radical (unpaired) electrons. The molecule has 0 aliphatic rings. The van der Waals surface area contributed by atoms with E-state index in [0.29, 0.717) is 21.3 Å². The number of halogens is 2. The molecule has 7 nitrogen and oxygen atoms in total.